The van der Waals surface area contributed by atoms with Crippen LogP contribution in [0.5, 0.6) is 0 Å². The smallest absolute Gasteiger partial charge is 0.226 e. The molecule has 26 heavy (non-hydrogen) atoms. The van der Waals surface area contributed by atoms with Crippen LogP contribution in [0.15, 0.2) is 24.3 Å². The summed E-state index contributed by atoms with van der Waals surface area (Å²) in [6, 6.07) is 8.36. The van der Waals surface area contributed by atoms with Crippen molar-refractivity contribution in [1.29, 1.82) is 0 Å². The monoisotopic (exact) mass is 354 g/mol. The summed E-state index contributed by atoms with van der Waals surface area (Å²) in [5.41, 5.74) is 2.28. The van der Waals surface area contributed by atoms with Gasteiger partial charge in [-0.25, -0.2) is 4.98 Å². The minimum atomic E-state index is 0.168. The second-order valence-corrected chi connectivity index (χ2v) is 7.72. The van der Waals surface area contributed by atoms with Crippen LogP contribution in [0, 0.1) is 5.92 Å². The zero-order valence-electron chi connectivity index (χ0n) is 15.9. The molecule has 0 N–H and O–H groups in total. The van der Waals surface area contributed by atoms with Crippen LogP contribution in [0.4, 0.5) is 0 Å². The number of imidazole rings is 1. The largest absolute Gasteiger partial charge is 0.342 e. The van der Waals surface area contributed by atoms with Crippen LogP contribution < -0.4 is 0 Å². The summed E-state index contributed by atoms with van der Waals surface area (Å²) < 4.78 is 2.31. The maximum absolute atomic E-state index is 12.9. The minimum Gasteiger partial charge on any atom is -0.342 e. The van der Waals surface area contributed by atoms with Crippen molar-refractivity contribution >= 4 is 16.9 Å². The lowest BCUT2D eigenvalue weighted by Gasteiger charge is -2.36. The Morgan fingerprint density at radius 3 is 2.73 bits per heavy atom. The molecule has 2 aliphatic rings. The molecule has 0 saturated carbocycles. The summed E-state index contributed by atoms with van der Waals surface area (Å²) in [6.45, 7) is 7.81. The van der Waals surface area contributed by atoms with Gasteiger partial charge in [0, 0.05) is 26.2 Å². The van der Waals surface area contributed by atoms with E-state index >= 15 is 0 Å². The van der Waals surface area contributed by atoms with Crippen molar-refractivity contribution in [1.82, 2.24) is 19.4 Å². The number of aromatic nitrogens is 2. The van der Waals surface area contributed by atoms with E-state index in [1.165, 1.54) is 24.8 Å². The number of hydrogen-bond donors (Lipinski definition) is 0. The molecule has 1 aromatic heterocycles. The number of carbonyl (C=O) groups is 1. The quantitative estimate of drug-likeness (QED) is 0.846. The Kier molecular flexibility index (Phi) is 5.25. The topological polar surface area (TPSA) is 41.4 Å². The highest BCUT2D eigenvalue weighted by Crippen LogP contribution is 2.24. The van der Waals surface area contributed by atoms with Gasteiger partial charge in [-0.15, -0.1) is 0 Å². The second kappa shape index (κ2) is 7.78. The van der Waals surface area contributed by atoms with Crippen LogP contribution >= 0.6 is 0 Å². The van der Waals surface area contributed by atoms with Crippen molar-refractivity contribution in [2.75, 3.05) is 26.2 Å². The number of para-hydroxylation sites is 2. The fraction of sp³-hybridized carbons (Fsp3) is 0.619. The predicted molar refractivity (Wildman–Crippen MR) is 104 cm³/mol. The van der Waals surface area contributed by atoms with Crippen molar-refractivity contribution in [3.63, 3.8) is 0 Å². The molecule has 2 fully saturated rings. The van der Waals surface area contributed by atoms with Gasteiger partial charge in [0.2, 0.25) is 5.91 Å². The molecule has 140 valence electrons. The van der Waals surface area contributed by atoms with Crippen molar-refractivity contribution in [2.24, 2.45) is 5.92 Å². The minimum absolute atomic E-state index is 0.168. The van der Waals surface area contributed by atoms with Crippen LogP contribution in [0.1, 0.15) is 44.9 Å². The predicted octanol–water partition coefficient (Wildman–Crippen LogP) is 3.28. The van der Waals surface area contributed by atoms with Crippen molar-refractivity contribution in [2.45, 2.75) is 52.1 Å². The van der Waals surface area contributed by atoms with Crippen molar-refractivity contribution in [3.8, 4) is 0 Å². The zero-order chi connectivity index (χ0) is 17.9. The molecular weight excluding hydrogens is 324 g/mol. The molecule has 0 aliphatic carbocycles. The first-order valence-electron chi connectivity index (χ1n) is 10.2. The molecule has 1 atom stereocenters. The second-order valence-electron chi connectivity index (χ2n) is 7.72. The summed E-state index contributed by atoms with van der Waals surface area (Å²) in [4.78, 5) is 22.3. The molecule has 1 aromatic carbocycles. The lowest BCUT2D eigenvalue weighted by molar-refractivity contribution is -0.138. The first kappa shape index (κ1) is 17.5. The zero-order valence-corrected chi connectivity index (χ0v) is 15.9. The molecule has 2 aliphatic heterocycles. The van der Waals surface area contributed by atoms with Crippen LogP contribution in [-0.2, 0) is 17.9 Å². The Morgan fingerprint density at radius 1 is 1.12 bits per heavy atom. The van der Waals surface area contributed by atoms with Gasteiger partial charge in [-0.05, 0) is 57.7 Å². The lowest BCUT2D eigenvalue weighted by Crippen LogP contribution is -2.46. The third-order valence-corrected chi connectivity index (χ3v) is 5.94. The number of benzene rings is 1. The van der Waals surface area contributed by atoms with Crippen LogP contribution in [-0.4, -0.2) is 51.4 Å². The number of nitrogens with zero attached hydrogens (tertiary/aromatic N) is 4. The van der Waals surface area contributed by atoms with E-state index in [0.717, 1.165) is 63.5 Å². The van der Waals surface area contributed by atoms with E-state index in [-0.39, 0.29) is 5.92 Å². The van der Waals surface area contributed by atoms with E-state index < -0.39 is 0 Å². The Bertz CT molecular complexity index is 762. The number of carbonyl (C=O) groups excluding carboxylic acids is 1. The standard InChI is InChI=1S/C21H30N4O/c1-2-25-19-11-5-4-10-18(19)22-20(25)16-23-12-8-9-17(15-23)21(26)24-13-6-3-7-14-24/h4-5,10-11,17H,2-3,6-9,12-16H2,1H3/t17-/m0/s1. The molecule has 3 heterocycles. The Balaban J connectivity index is 1.46. The van der Waals surface area contributed by atoms with Crippen molar-refractivity contribution < 1.29 is 4.79 Å². The third kappa shape index (κ3) is 3.50. The molecule has 4 rings (SSSR count). The maximum Gasteiger partial charge on any atom is 0.226 e. The molecule has 0 spiro atoms. The van der Waals surface area contributed by atoms with E-state index in [4.69, 9.17) is 4.98 Å². The van der Waals surface area contributed by atoms with Gasteiger partial charge in [0.05, 0.1) is 23.5 Å². The first-order chi connectivity index (χ1) is 12.8. The van der Waals surface area contributed by atoms with E-state index in [1.807, 2.05) is 6.07 Å². The molecule has 0 unspecified atom stereocenters. The van der Waals surface area contributed by atoms with E-state index in [0.29, 0.717) is 5.91 Å². The third-order valence-electron chi connectivity index (χ3n) is 5.94. The molecule has 0 radical (unpaired) electrons. The average Bonchev–Trinajstić information content (AvgIpc) is 3.05. The molecule has 1 amide bonds. The number of fused-ring (bicyclic) bond motifs is 1. The lowest BCUT2D eigenvalue weighted by atomic mass is 9.95. The van der Waals surface area contributed by atoms with Crippen LogP contribution in [0.3, 0.4) is 0 Å². The molecule has 5 heteroatoms. The Labute approximate surface area is 156 Å². The summed E-state index contributed by atoms with van der Waals surface area (Å²) in [6.07, 6.45) is 5.76. The SMILES string of the molecule is CCn1c(CN2CCC[C@H](C(=O)N3CCCCC3)C2)nc2ccccc21. The average molecular weight is 354 g/mol. The highest BCUT2D eigenvalue weighted by atomic mass is 16.2. The highest BCUT2D eigenvalue weighted by Gasteiger charge is 2.30. The normalized spacial score (nSPS) is 22.0. The molecule has 2 saturated heterocycles. The molecular formula is C21H30N4O. The number of amides is 1. The fourth-order valence-electron chi connectivity index (χ4n) is 4.57. The highest BCUT2D eigenvalue weighted by molar-refractivity contribution is 5.79. The van der Waals surface area contributed by atoms with Gasteiger partial charge < -0.3 is 9.47 Å². The summed E-state index contributed by atoms with van der Waals surface area (Å²) in [5, 5.41) is 0. The summed E-state index contributed by atoms with van der Waals surface area (Å²) in [7, 11) is 0. The fourth-order valence-corrected chi connectivity index (χ4v) is 4.57. The molecule has 5 nitrogen and oxygen atoms in total. The van der Waals surface area contributed by atoms with Gasteiger partial charge in [-0.1, -0.05) is 12.1 Å². The van der Waals surface area contributed by atoms with Gasteiger partial charge in [0.1, 0.15) is 5.82 Å². The van der Waals surface area contributed by atoms with Gasteiger partial charge in [-0.3, -0.25) is 9.69 Å². The Morgan fingerprint density at radius 2 is 1.92 bits per heavy atom. The van der Waals surface area contributed by atoms with E-state index in [9.17, 15) is 4.79 Å². The van der Waals surface area contributed by atoms with Crippen molar-refractivity contribution in [3.05, 3.63) is 30.1 Å². The van der Waals surface area contributed by atoms with Crippen LogP contribution in [0.25, 0.3) is 11.0 Å². The Hall–Kier alpha value is -1.88. The van der Waals surface area contributed by atoms with Crippen LogP contribution in [0.2, 0.25) is 0 Å². The number of hydrogen-bond acceptors (Lipinski definition) is 3. The van der Waals surface area contributed by atoms with E-state index in [2.05, 4.69) is 39.5 Å². The molecule has 0 bridgehead atoms. The van der Waals surface area contributed by atoms with E-state index in [1.54, 1.807) is 0 Å². The van der Waals surface area contributed by atoms with Gasteiger partial charge in [-0.2, -0.15) is 0 Å². The molecule has 2 aromatic rings. The number of aryl methyl sites for hydroxylation is 1. The van der Waals surface area contributed by atoms with Gasteiger partial charge in [0.25, 0.3) is 0 Å². The number of likely N-dealkylation sites (tertiary alicyclic amines) is 2. The maximum atomic E-state index is 12.9. The number of piperidine rings is 2. The van der Waals surface area contributed by atoms with Gasteiger partial charge >= 0.3 is 0 Å². The summed E-state index contributed by atoms with van der Waals surface area (Å²) in [5.74, 6) is 1.68. The number of rotatable bonds is 4. The van der Waals surface area contributed by atoms with Gasteiger partial charge in [0.15, 0.2) is 0 Å². The first-order valence-corrected chi connectivity index (χ1v) is 10.2. The summed E-state index contributed by atoms with van der Waals surface area (Å²) >= 11 is 0.